The molecule has 0 bridgehead atoms. The molecule has 3 heteroatoms. The Morgan fingerprint density at radius 1 is 1.43 bits per heavy atom. The lowest BCUT2D eigenvalue weighted by atomic mass is 10.1. The van der Waals surface area contributed by atoms with E-state index >= 15 is 0 Å². The molecule has 1 heterocycles. The van der Waals surface area contributed by atoms with Crippen molar-refractivity contribution in [3.8, 4) is 0 Å². The Kier molecular flexibility index (Phi) is 4.74. The molecular weight excluding hydrogens is 196 g/mol. The van der Waals surface area contributed by atoms with Gasteiger partial charge in [0.1, 0.15) is 5.82 Å². The third kappa shape index (κ3) is 3.54. The van der Waals surface area contributed by atoms with Crippen LogP contribution in [-0.2, 0) is 0 Å². The van der Waals surface area contributed by atoms with Crippen molar-refractivity contribution in [2.75, 3.05) is 5.32 Å². The molecule has 78 valence electrons. The summed E-state index contributed by atoms with van der Waals surface area (Å²) in [4.78, 5) is 4.21. The lowest BCUT2D eigenvalue weighted by molar-refractivity contribution is 0.620. The smallest absolute Gasteiger partial charge is 0.126 e. The first-order valence-electron chi connectivity index (χ1n) is 5.14. The molecule has 0 aliphatic carbocycles. The molecule has 1 unspecified atom stereocenters. The van der Waals surface area contributed by atoms with Gasteiger partial charge in [-0.3, -0.25) is 0 Å². The van der Waals surface area contributed by atoms with E-state index in [1.807, 2.05) is 12.1 Å². The van der Waals surface area contributed by atoms with E-state index in [0.29, 0.717) is 11.1 Å². The quantitative estimate of drug-likeness (QED) is 0.805. The summed E-state index contributed by atoms with van der Waals surface area (Å²) < 4.78 is 0. The van der Waals surface area contributed by atoms with E-state index in [0.717, 1.165) is 12.2 Å². The maximum Gasteiger partial charge on any atom is 0.126 e. The fourth-order valence-corrected chi connectivity index (χ4v) is 1.51. The summed E-state index contributed by atoms with van der Waals surface area (Å²) in [6.07, 6.45) is 5.17. The van der Waals surface area contributed by atoms with Crippen molar-refractivity contribution in [2.24, 2.45) is 0 Å². The van der Waals surface area contributed by atoms with Crippen LogP contribution in [0.25, 0.3) is 0 Å². The molecule has 1 rings (SSSR count). The normalized spacial score (nSPS) is 12.5. The van der Waals surface area contributed by atoms with Crippen LogP contribution in [0.2, 0.25) is 5.02 Å². The highest BCUT2D eigenvalue weighted by Crippen LogP contribution is 2.13. The highest BCUT2D eigenvalue weighted by atomic mass is 35.5. The van der Waals surface area contributed by atoms with E-state index in [2.05, 4.69) is 24.1 Å². The molecule has 0 fully saturated rings. The van der Waals surface area contributed by atoms with Crippen LogP contribution >= 0.6 is 11.6 Å². The van der Waals surface area contributed by atoms with Crippen LogP contribution in [0.15, 0.2) is 18.3 Å². The lowest BCUT2D eigenvalue weighted by Gasteiger charge is -2.16. The molecule has 0 saturated carbocycles. The van der Waals surface area contributed by atoms with E-state index < -0.39 is 0 Å². The van der Waals surface area contributed by atoms with Crippen molar-refractivity contribution in [2.45, 2.75) is 39.2 Å². The van der Waals surface area contributed by atoms with Crippen LogP contribution in [0.1, 0.15) is 33.1 Å². The fourth-order valence-electron chi connectivity index (χ4n) is 1.40. The molecule has 14 heavy (non-hydrogen) atoms. The van der Waals surface area contributed by atoms with Gasteiger partial charge in [-0.25, -0.2) is 4.98 Å². The highest BCUT2D eigenvalue weighted by Gasteiger charge is 2.04. The maximum absolute atomic E-state index is 5.75. The Hall–Kier alpha value is -0.760. The Morgan fingerprint density at radius 3 is 2.71 bits per heavy atom. The van der Waals surface area contributed by atoms with E-state index in [1.165, 1.54) is 12.8 Å². The minimum atomic E-state index is 0.522. The van der Waals surface area contributed by atoms with Gasteiger partial charge in [0.25, 0.3) is 0 Å². The van der Waals surface area contributed by atoms with Gasteiger partial charge in [-0.15, -0.1) is 0 Å². The van der Waals surface area contributed by atoms with Gasteiger partial charge in [0.05, 0.1) is 5.02 Å². The van der Waals surface area contributed by atoms with E-state index in [9.17, 15) is 0 Å². The van der Waals surface area contributed by atoms with Crippen LogP contribution in [0.5, 0.6) is 0 Å². The standard InChI is InChI=1S/C11H17ClN2/c1-3-5-10(4-2)14-11-7-6-9(12)8-13-11/h6-8,10H,3-5H2,1-2H3,(H,13,14). The average Bonchev–Trinajstić information content (AvgIpc) is 2.20. The Morgan fingerprint density at radius 2 is 2.21 bits per heavy atom. The van der Waals surface area contributed by atoms with Crippen molar-refractivity contribution in [3.05, 3.63) is 23.4 Å². The molecule has 0 aliphatic heterocycles. The van der Waals surface area contributed by atoms with Crippen LogP contribution in [0.3, 0.4) is 0 Å². The third-order valence-corrected chi connectivity index (χ3v) is 2.43. The molecule has 1 atom stereocenters. The molecule has 0 radical (unpaired) electrons. The van der Waals surface area contributed by atoms with Gasteiger partial charge in [0.2, 0.25) is 0 Å². The van der Waals surface area contributed by atoms with Gasteiger partial charge in [-0.1, -0.05) is 31.9 Å². The van der Waals surface area contributed by atoms with Crippen molar-refractivity contribution < 1.29 is 0 Å². The van der Waals surface area contributed by atoms with Crippen LogP contribution in [-0.4, -0.2) is 11.0 Å². The number of pyridine rings is 1. The number of nitrogens with zero attached hydrogens (tertiary/aromatic N) is 1. The van der Waals surface area contributed by atoms with Gasteiger partial charge >= 0.3 is 0 Å². The molecule has 1 aromatic heterocycles. The highest BCUT2D eigenvalue weighted by molar-refractivity contribution is 6.30. The maximum atomic E-state index is 5.75. The third-order valence-electron chi connectivity index (χ3n) is 2.21. The van der Waals surface area contributed by atoms with Gasteiger partial charge in [-0.05, 0) is 25.0 Å². The zero-order valence-electron chi connectivity index (χ0n) is 8.76. The van der Waals surface area contributed by atoms with Gasteiger partial charge in [0.15, 0.2) is 0 Å². The van der Waals surface area contributed by atoms with Crippen molar-refractivity contribution in [3.63, 3.8) is 0 Å². The molecule has 0 amide bonds. The first-order chi connectivity index (χ1) is 6.76. The molecule has 0 spiro atoms. The summed E-state index contributed by atoms with van der Waals surface area (Å²) in [5, 5.41) is 4.07. The van der Waals surface area contributed by atoms with Crippen LogP contribution in [0, 0.1) is 0 Å². The average molecular weight is 213 g/mol. The topological polar surface area (TPSA) is 24.9 Å². The molecule has 1 N–H and O–H groups in total. The number of hydrogen-bond donors (Lipinski definition) is 1. The van der Waals surface area contributed by atoms with Gasteiger partial charge < -0.3 is 5.32 Å². The molecular formula is C11H17ClN2. The van der Waals surface area contributed by atoms with Crippen LogP contribution in [0.4, 0.5) is 5.82 Å². The fraction of sp³-hybridized carbons (Fsp3) is 0.545. The molecule has 0 aromatic carbocycles. The van der Waals surface area contributed by atoms with Gasteiger partial charge in [-0.2, -0.15) is 0 Å². The van der Waals surface area contributed by atoms with Crippen molar-refractivity contribution in [1.82, 2.24) is 4.98 Å². The zero-order valence-corrected chi connectivity index (χ0v) is 9.51. The first-order valence-corrected chi connectivity index (χ1v) is 5.52. The molecule has 1 aromatic rings. The zero-order chi connectivity index (χ0) is 10.4. The lowest BCUT2D eigenvalue weighted by Crippen LogP contribution is -2.18. The molecule has 0 saturated heterocycles. The number of nitrogens with one attached hydrogen (secondary N) is 1. The number of aromatic nitrogens is 1. The Bertz CT molecular complexity index is 258. The van der Waals surface area contributed by atoms with E-state index in [4.69, 9.17) is 11.6 Å². The number of halogens is 1. The Labute approximate surface area is 90.7 Å². The van der Waals surface area contributed by atoms with E-state index in [-0.39, 0.29) is 0 Å². The number of rotatable bonds is 5. The van der Waals surface area contributed by atoms with E-state index in [1.54, 1.807) is 6.20 Å². The monoisotopic (exact) mass is 212 g/mol. The minimum absolute atomic E-state index is 0.522. The second-order valence-electron chi connectivity index (χ2n) is 3.40. The summed E-state index contributed by atoms with van der Waals surface area (Å²) in [5.41, 5.74) is 0. The van der Waals surface area contributed by atoms with Crippen LogP contribution < -0.4 is 5.32 Å². The first kappa shape index (κ1) is 11.3. The number of anilines is 1. The predicted molar refractivity (Wildman–Crippen MR) is 61.9 cm³/mol. The second-order valence-corrected chi connectivity index (χ2v) is 3.84. The summed E-state index contributed by atoms with van der Waals surface area (Å²) in [5.74, 6) is 0.912. The van der Waals surface area contributed by atoms with Crippen molar-refractivity contribution >= 4 is 17.4 Å². The summed E-state index contributed by atoms with van der Waals surface area (Å²) in [6, 6.07) is 4.30. The second kappa shape index (κ2) is 5.86. The summed E-state index contributed by atoms with van der Waals surface area (Å²) in [6.45, 7) is 4.38. The Balaban J connectivity index is 2.53. The SMILES string of the molecule is CCCC(CC)Nc1ccc(Cl)cn1. The molecule has 2 nitrogen and oxygen atoms in total. The summed E-state index contributed by atoms with van der Waals surface area (Å²) >= 11 is 5.75. The minimum Gasteiger partial charge on any atom is -0.367 e. The number of hydrogen-bond acceptors (Lipinski definition) is 2. The van der Waals surface area contributed by atoms with Crippen molar-refractivity contribution in [1.29, 1.82) is 0 Å². The molecule has 0 aliphatic rings. The predicted octanol–water partition coefficient (Wildman–Crippen LogP) is 3.73. The summed E-state index contributed by atoms with van der Waals surface area (Å²) in [7, 11) is 0. The van der Waals surface area contributed by atoms with Gasteiger partial charge in [0, 0.05) is 12.2 Å². The largest absolute Gasteiger partial charge is 0.367 e.